The van der Waals surface area contributed by atoms with Crippen molar-refractivity contribution >= 4 is 22.9 Å². The van der Waals surface area contributed by atoms with Gasteiger partial charge in [-0.1, -0.05) is 144 Å². The van der Waals surface area contributed by atoms with E-state index in [9.17, 15) is 4.79 Å². The lowest BCUT2D eigenvalue weighted by molar-refractivity contribution is -0.134. The van der Waals surface area contributed by atoms with Crippen LogP contribution in [0.25, 0.3) is 0 Å². The Morgan fingerprint density at radius 1 is 0.500 bits per heavy atom. The first-order valence-corrected chi connectivity index (χ1v) is 11.5. The van der Waals surface area contributed by atoms with E-state index in [1.54, 1.807) is 0 Å². The molecule has 1 nitrogen and oxygen atoms in total. The Balaban J connectivity index is -0.000000167. The maximum atomic E-state index is 11.5. The Morgan fingerprint density at radius 2 is 0.700 bits per heavy atom. The lowest BCUT2D eigenvalue weighted by Gasteiger charge is -2.30. The molecule has 0 rings (SSSR count). The van der Waals surface area contributed by atoms with Crippen molar-refractivity contribution in [2.24, 2.45) is 32.5 Å². The average molecular weight is 445 g/mol. The highest BCUT2D eigenvalue weighted by Crippen LogP contribution is 2.32. The van der Waals surface area contributed by atoms with Crippen LogP contribution in [0.2, 0.25) is 0 Å². The fourth-order valence-electron chi connectivity index (χ4n) is 3.84. The Hall–Kier alpha value is -0.240. The fraction of sp³-hybridized carbons (Fsp3) is 0.929. The van der Waals surface area contributed by atoms with Crippen LogP contribution in [0.1, 0.15) is 138 Å². The SMILES string of the molecule is C.CC(C)(C)C(=O)C(C)(C)C.CC(C)(C)C(=S)C(C)(C)C.CC(C)(C)CC(C)(C)C. The molecule has 0 unspecified atom stereocenters. The van der Waals surface area contributed by atoms with Crippen LogP contribution in [0.4, 0.5) is 0 Å². The summed E-state index contributed by atoms with van der Waals surface area (Å²) in [7, 11) is 0. The van der Waals surface area contributed by atoms with Gasteiger partial charge in [-0.25, -0.2) is 0 Å². The van der Waals surface area contributed by atoms with Crippen LogP contribution in [-0.2, 0) is 4.79 Å². The van der Waals surface area contributed by atoms with E-state index in [0.29, 0.717) is 16.6 Å². The first-order valence-electron chi connectivity index (χ1n) is 11.1. The third-order valence-electron chi connectivity index (χ3n) is 3.79. The molecule has 30 heavy (non-hydrogen) atoms. The van der Waals surface area contributed by atoms with E-state index < -0.39 is 0 Å². The van der Waals surface area contributed by atoms with E-state index >= 15 is 0 Å². The zero-order valence-electron chi connectivity index (χ0n) is 23.5. The van der Waals surface area contributed by atoms with Crippen LogP contribution >= 0.6 is 12.2 Å². The molecule has 0 atom stereocenters. The Bertz CT molecular complexity index is 418. The molecule has 0 fully saturated rings. The summed E-state index contributed by atoms with van der Waals surface area (Å²) in [5.41, 5.74) is 0.925. The summed E-state index contributed by atoms with van der Waals surface area (Å²) < 4.78 is 0. The highest BCUT2D eigenvalue weighted by molar-refractivity contribution is 7.80. The molecule has 0 aromatic carbocycles. The fourth-order valence-corrected chi connectivity index (χ4v) is 3.84. The van der Waals surface area contributed by atoms with E-state index in [1.165, 1.54) is 6.42 Å². The lowest BCUT2D eigenvalue weighted by atomic mass is 9.76. The van der Waals surface area contributed by atoms with Gasteiger partial charge in [0.25, 0.3) is 0 Å². The third-order valence-corrected chi connectivity index (χ3v) is 5.01. The van der Waals surface area contributed by atoms with Crippen molar-refractivity contribution in [3.8, 4) is 0 Å². The Kier molecular flexibility index (Phi) is 15.0. The van der Waals surface area contributed by atoms with Gasteiger partial charge < -0.3 is 0 Å². The maximum Gasteiger partial charge on any atom is 0.143 e. The van der Waals surface area contributed by atoms with E-state index in [1.807, 2.05) is 41.5 Å². The van der Waals surface area contributed by atoms with E-state index in [4.69, 9.17) is 12.2 Å². The number of ketones is 1. The van der Waals surface area contributed by atoms with Gasteiger partial charge in [0.1, 0.15) is 5.78 Å². The third kappa shape index (κ3) is 22.4. The van der Waals surface area contributed by atoms with Crippen LogP contribution in [0.3, 0.4) is 0 Å². The molecular formula is C28H60OS. The molecule has 0 heterocycles. The summed E-state index contributed by atoms with van der Waals surface area (Å²) in [6, 6.07) is 0. The second-order valence-electron chi connectivity index (χ2n) is 15.0. The predicted octanol–water partition coefficient (Wildman–Crippen LogP) is 10.2. The van der Waals surface area contributed by atoms with Crippen molar-refractivity contribution in [3.63, 3.8) is 0 Å². The minimum Gasteiger partial charge on any atom is -0.299 e. The number of carbonyl (C=O) groups excluding carboxylic acids is 1. The van der Waals surface area contributed by atoms with Crippen LogP contribution in [0, 0.1) is 32.5 Å². The first-order chi connectivity index (χ1) is 12.0. The minimum atomic E-state index is -0.196. The molecule has 0 aliphatic heterocycles. The number of hydrogen-bond acceptors (Lipinski definition) is 2. The smallest absolute Gasteiger partial charge is 0.143 e. The van der Waals surface area contributed by atoms with E-state index in [-0.39, 0.29) is 29.1 Å². The lowest BCUT2D eigenvalue weighted by Crippen LogP contribution is -2.32. The molecule has 0 saturated heterocycles. The Morgan fingerprint density at radius 3 is 0.700 bits per heavy atom. The summed E-state index contributed by atoms with van der Waals surface area (Å²) in [6.45, 7) is 38.5. The molecule has 0 amide bonds. The molecule has 0 saturated carbocycles. The minimum absolute atomic E-state index is 0. The topological polar surface area (TPSA) is 17.1 Å². The maximum absolute atomic E-state index is 11.5. The summed E-state index contributed by atoms with van der Waals surface area (Å²) in [6.07, 6.45) is 1.29. The molecule has 0 aromatic heterocycles. The molecule has 0 spiro atoms. The van der Waals surface area contributed by atoms with Gasteiger partial charge in [-0.05, 0) is 28.1 Å². The largest absolute Gasteiger partial charge is 0.299 e. The highest BCUT2D eigenvalue weighted by Gasteiger charge is 2.31. The van der Waals surface area contributed by atoms with Gasteiger partial charge in [-0.3, -0.25) is 4.79 Å². The summed E-state index contributed by atoms with van der Waals surface area (Å²) in [5.74, 6) is 0.319. The van der Waals surface area contributed by atoms with Gasteiger partial charge in [0, 0.05) is 15.7 Å². The number of rotatable bonds is 0. The van der Waals surface area contributed by atoms with Gasteiger partial charge >= 0.3 is 0 Å². The van der Waals surface area contributed by atoms with E-state index in [2.05, 4.69) is 83.1 Å². The monoisotopic (exact) mass is 444 g/mol. The van der Waals surface area contributed by atoms with Gasteiger partial charge in [0.15, 0.2) is 0 Å². The van der Waals surface area contributed by atoms with Gasteiger partial charge in [-0.2, -0.15) is 0 Å². The van der Waals surface area contributed by atoms with Gasteiger partial charge in [0.05, 0.1) is 0 Å². The van der Waals surface area contributed by atoms with Gasteiger partial charge in [0.2, 0.25) is 0 Å². The molecule has 184 valence electrons. The quantitative estimate of drug-likeness (QED) is 0.345. The van der Waals surface area contributed by atoms with Crippen molar-refractivity contribution < 1.29 is 4.79 Å². The van der Waals surface area contributed by atoms with Crippen LogP contribution < -0.4 is 0 Å². The Labute approximate surface area is 198 Å². The second kappa shape index (κ2) is 12.1. The average Bonchev–Trinajstić information content (AvgIpc) is 2.29. The van der Waals surface area contributed by atoms with Crippen molar-refractivity contribution in [2.75, 3.05) is 0 Å². The number of hydrogen-bond donors (Lipinski definition) is 0. The van der Waals surface area contributed by atoms with Crippen LogP contribution in [-0.4, -0.2) is 10.6 Å². The number of carbonyl (C=O) groups is 1. The zero-order valence-corrected chi connectivity index (χ0v) is 24.3. The van der Waals surface area contributed by atoms with Crippen LogP contribution in [0.15, 0.2) is 0 Å². The van der Waals surface area contributed by atoms with Crippen molar-refractivity contribution in [1.29, 1.82) is 0 Å². The van der Waals surface area contributed by atoms with E-state index in [0.717, 1.165) is 4.86 Å². The summed E-state index contributed by atoms with van der Waals surface area (Å²) in [4.78, 5) is 12.6. The highest BCUT2D eigenvalue weighted by atomic mass is 32.1. The van der Waals surface area contributed by atoms with Crippen LogP contribution in [0.5, 0.6) is 0 Å². The van der Waals surface area contributed by atoms with Crippen molar-refractivity contribution in [2.45, 2.75) is 138 Å². The summed E-state index contributed by atoms with van der Waals surface area (Å²) in [5, 5.41) is 0. The molecule has 0 bridgehead atoms. The predicted molar refractivity (Wildman–Crippen MR) is 146 cm³/mol. The summed E-state index contributed by atoms with van der Waals surface area (Å²) >= 11 is 5.33. The molecule has 0 aliphatic rings. The van der Waals surface area contributed by atoms with Crippen molar-refractivity contribution in [3.05, 3.63) is 0 Å². The normalized spacial score (nSPS) is 13.1. The van der Waals surface area contributed by atoms with Crippen molar-refractivity contribution in [1.82, 2.24) is 0 Å². The van der Waals surface area contributed by atoms with Gasteiger partial charge in [-0.15, -0.1) is 0 Å². The molecule has 0 N–H and O–H groups in total. The molecule has 0 aliphatic carbocycles. The zero-order chi connectivity index (χ0) is 24.9. The molecule has 0 radical (unpaired) electrons. The molecule has 2 heteroatoms. The second-order valence-corrected chi connectivity index (χ2v) is 15.4. The molecule has 0 aromatic rings. The first kappa shape index (κ1) is 37.1. The number of Topliss-reactive ketones (excluding diaryl/α,β-unsaturated/α-hetero) is 1. The standard InChI is InChI=1S/C9H18O.C9H18S.C9H20.CH4/c2*1-8(2,3)7(10)9(4,5)6;1-8(2,3)7-9(4,5)6;/h2*1-6H3;7H2,1-6H3;1H4. The molecular weight excluding hydrogens is 384 g/mol. The number of thiocarbonyl (C=S) groups is 1.